The highest BCUT2D eigenvalue weighted by atomic mass is 32.2. The molecule has 0 aromatic rings. The van der Waals surface area contributed by atoms with E-state index in [1.54, 1.807) is 6.92 Å². The lowest BCUT2D eigenvalue weighted by Crippen LogP contribution is -2.17. The van der Waals surface area contributed by atoms with Crippen molar-refractivity contribution in [2.24, 2.45) is 4.99 Å². The number of aliphatic imine (C=N–C) groups is 1. The third-order valence-electron chi connectivity index (χ3n) is 1.37. The van der Waals surface area contributed by atoms with Crippen molar-refractivity contribution in [3.05, 3.63) is 11.2 Å². The Kier molecular flexibility index (Phi) is 3.62. The zero-order valence-electron chi connectivity index (χ0n) is 7.36. The average molecular weight is 215 g/mol. The highest BCUT2D eigenvalue weighted by Crippen LogP contribution is 2.24. The molecule has 1 heterocycles. The van der Waals surface area contributed by atoms with E-state index >= 15 is 0 Å². The van der Waals surface area contributed by atoms with Gasteiger partial charge in [-0.1, -0.05) is 24.0 Å². The maximum Gasteiger partial charge on any atom is 0.216 e. The molecule has 13 heavy (non-hydrogen) atoms. The van der Waals surface area contributed by atoms with Crippen LogP contribution in [0.3, 0.4) is 0 Å². The third kappa shape index (κ3) is 2.63. The lowest BCUT2D eigenvalue weighted by atomic mass is 10.2. The molecule has 1 rings (SSSR count). The molecule has 0 spiro atoms. The normalized spacial score (nSPS) is 20.5. The SMILES string of the molecule is CCO/C=C1/SC(=S)N=C(C)C1=O. The molecule has 3 nitrogen and oxygen atoms in total. The first-order valence-electron chi connectivity index (χ1n) is 3.78. The van der Waals surface area contributed by atoms with Gasteiger partial charge in [0.15, 0.2) is 4.32 Å². The predicted octanol–water partition coefficient (Wildman–Crippen LogP) is 1.93. The summed E-state index contributed by atoms with van der Waals surface area (Å²) in [5.41, 5.74) is 0.426. The van der Waals surface area contributed by atoms with Crippen LogP contribution in [0.25, 0.3) is 0 Å². The maximum absolute atomic E-state index is 11.4. The molecule has 0 N–H and O–H groups in total. The fourth-order valence-corrected chi connectivity index (χ4v) is 1.90. The topological polar surface area (TPSA) is 38.7 Å². The van der Waals surface area contributed by atoms with Crippen LogP contribution in [0.5, 0.6) is 0 Å². The van der Waals surface area contributed by atoms with Crippen LogP contribution in [0.4, 0.5) is 0 Å². The van der Waals surface area contributed by atoms with E-state index in [1.165, 1.54) is 18.0 Å². The van der Waals surface area contributed by atoms with Crippen LogP contribution in [0.15, 0.2) is 16.2 Å². The van der Waals surface area contributed by atoms with Gasteiger partial charge < -0.3 is 4.74 Å². The number of rotatable bonds is 2. The first-order chi connectivity index (χ1) is 6.15. The largest absolute Gasteiger partial charge is 0.500 e. The van der Waals surface area contributed by atoms with E-state index in [1.807, 2.05) is 6.92 Å². The van der Waals surface area contributed by atoms with Gasteiger partial charge >= 0.3 is 0 Å². The fraction of sp³-hybridized carbons (Fsp3) is 0.375. The minimum absolute atomic E-state index is 0.105. The zero-order valence-corrected chi connectivity index (χ0v) is 9.00. The summed E-state index contributed by atoms with van der Waals surface area (Å²) in [4.78, 5) is 15.8. The molecule has 5 heteroatoms. The molecular formula is C8H9NO2S2. The lowest BCUT2D eigenvalue weighted by Gasteiger charge is -2.10. The molecule has 0 bridgehead atoms. The smallest absolute Gasteiger partial charge is 0.216 e. The number of allylic oxidation sites excluding steroid dienone is 1. The molecule has 0 aromatic heterocycles. The molecule has 0 aliphatic carbocycles. The second kappa shape index (κ2) is 4.53. The molecule has 1 aliphatic rings. The van der Waals surface area contributed by atoms with E-state index in [0.717, 1.165) is 0 Å². The number of carbonyl (C=O) groups is 1. The van der Waals surface area contributed by atoms with Crippen LogP contribution in [0, 0.1) is 0 Å². The highest BCUT2D eigenvalue weighted by molar-refractivity contribution is 8.26. The van der Waals surface area contributed by atoms with Crippen LogP contribution in [0.2, 0.25) is 0 Å². The Morgan fingerprint density at radius 1 is 1.69 bits per heavy atom. The van der Waals surface area contributed by atoms with Crippen molar-refractivity contribution in [3.8, 4) is 0 Å². The van der Waals surface area contributed by atoms with Gasteiger partial charge in [-0.05, 0) is 13.8 Å². The third-order valence-corrected chi connectivity index (χ3v) is 2.47. The van der Waals surface area contributed by atoms with Gasteiger partial charge in [0.2, 0.25) is 5.78 Å². The van der Waals surface area contributed by atoms with Crippen molar-refractivity contribution in [3.63, 3.8) is 0 Å². The predicted molar refractivity (Wildman–Crippen MR) is 58.0 cm³/mol. The van der Waals surface area contributed by atoms with Gasteiger partial charge in [0.05, 0.1) is 17.2 Å². The second-order valence-electron chi connectivity index (χ2n) is 2.33. The summed E-state index contributed by atoms with van der Waals surface area (Å²) in [6.45, 7) is 4.04. The highest BCUT2D eigenvalue weighted by Gasteiger charge is 2.21. The number of thioether (sulfide) groups is 1. The summed E-state index contributed by atoms with van der Waals surface area (Å²) < 4.78 is 5.48. The number of Topliss-reactive ketones (excluding diaryl/α,β-unsaturated/α-hetero) is 1. The maximum atomic E-state index is 11.4. The Morgan fingerprint density at radius 2 is 2.38 bits per heavy atom. The van der Waals surface area contributed by atoms with Crippen molar-refractivity contribution in [1.82, 2.24) is 0 Å². The van der Waals surface area contributed by atoms with Crippen LogP contribution in [-0.4, -0.2) is 22.4 Å². The van der Waals surface area contributed by atoms with E-state index in [0.29, 0.717) is 21.5 Å². The number of hydrogen-bond donors (Lipinski definition) is 0. The van der Waals surface area contributed by atoms with Crippen molar-refractivity contribution in [2.45, 2.75) is 13.8 Å². The second-order valence-corrected chi connectivity index (χ2v) is 4.01. The number of nitrogens with zero attached hydrogens (tertiary/aromatic N) is 1. The zero-order chi connectivity index (χ0) is 9.84. The minimum Gasteiger partial charge on any atom is -0.500 e. The van der Waals surface area contributed by atoms with E-state index in [9.17, 15) is 4.79 Å². The number of carbonyl (C=O) groups excluding carboxylic acids is 1. The lowest BCUT2D eigenvalue weighted by molar-refractivity contribution is -0.109. The fourth-order valence-electron chi connectivity index (χ4n) is 0.766. The minimum atomic E-state index is -0.105. The number of ketones is 1. The summed E-state index contributed by atoms with van der Waals surface area (Å²) in [6, 6.07) is 0. The summed E-state index contributed by atoms with van der Waals surface area (Å²) in [5, 5.41) is 0. The van der Waals surface area contributed by atoms with Gasteiger partial charge in [0, 0.05) is 0 Å². The Morgan fingerprint density at radius 3 is 3.00 bits per heavy atom. The van der Waals surface area contributed by atoms with Gasteiger partial charge in [0.1, 0.15) is 6.26 Å². The Labute approximate surface area is 86.3 Å². The van der Waals surface area contributed by atoms with Crippen LogP contribution >= 0.6 is 24.0 Å². The van der Waals surface area contributed by atoms with Crippen molar-refractivity contribution in [2.75, 3.05) is 6.61 Å². The molecule has 0 radical (unpaired) electrons. The molecule has 0 amide bonds. The molecule has 70 valence electrons. The summed E-state index contributed by atoms with van der Waals surface area (Å²) in [5.74, 6) is -0.105. The first kappa shape index (κ1) is 10.4. The summed E-state index contributed by atoms with van der Waals surface area (Å²) in [7, 11) is 0. The Hall–Kier alpha value is -0.680. The van der Waals surface area contributed by atoms with Gasteiger partial charge in [0.25, 0.3) is 0 Å². The molecule has 0 fully saturated rings. The van der Waals surface area contributed by atoms with E-state index in [4.69, 9.17) is 17.0 Å². The van der Waals surface area contributed by atoms with E-state index in [-0.39, 0.29) is 5.78 Å². The van der Waals surface area contributed by atoms with E-state index < -0.39 is 0 Å². The quantitative estimate of drug-likeness (QED) is 0.401. The van der Waals surface area contributed by atoms with Crippen LogP contribution in [0.1, 0.15) is 13.8 Å². The first-order valence-corrected chi connectivity index (χ1v) is 5.01. The molecule has 1 aliphatic heterocycles. The van der Waals surface area contributed by atoms with Gasteiger partial charge in [-0.3, -0.25) is 4.79 Å². The molecule has 0 aromatic carbocycles. The molecular weight excluding hydrogens is 206 g/mol. The molecule has 0 saturated heterocycles. The van der Waals surface area contributed by atoms with Crippen molar-refractivity contribution >= 4 is 39.8 Å². The summed E-state index contributed by atoms with van der Waals surface area (Å²) in [6.07, 6.45) is 1.44. The number of thiocarbonyl (C=S) groups is 1. The van der Waals surface area contributed by atoms with Gasteiger partial charge in [-0.15, -0.1) is 0 Å². The number of hydrogen-bond acceptors (Lipinski definition) is 4. The number of ether oxygens (including phenoxy) is 1. The van der Waals surface area contributed by atoms with E-state index in [2.05, 4.69) is 4.99 Å². The standard InChI is InChI=1S/C8H9NO2S2/c1-3-11-4-6-7(10)5(2)9-8(12)13-6/h4H,3H2,1-2H3/b6-4+. The van der Waals surface area contributed by atoms with Gasteiger partial charge in [-0.2, -0.15) is 0 Å². The van der Waals surface area contributed by atoms with Crippen LogP contribution in [-0.2, 0) is 9.53 Å². The van der Waals surface area contributed by atoms with Crippen molar-refractivity contribution in [1.29, 1.82) is 0 Å². The monoisotopic (exact) mass is 215 g/mol. The van der Waals surface area contributed by atoms with Crippen LogP contribution < -0.4 is 0 Å². The van der Waals surface area contributed by atoms with Gasteiger partial charge in [-0.25, -0.2) is 4.99 Å². The molecule has 0 saturated carbocycles. The molecule has 0 unspecified atom stereocenters. The average Bonchev–Trinajstić information content (AvgIpc) is 2.09. The Balaban J connectivity index is 2.85. The summed E-state index contributed by atoms with van der Waals surface area (Å²) >= 11 is 6.06. The Bertz CT molecular complexity index is 307. The van der Waals surface area contributed by atoms with Crippen molar-refractivity contribution < 1.29 is 9.53 Å². The molecule has 0 atom stereocenters.